The average Bonchev–Trinajstić information content (AvgIpc) is 2.96. The molecule has 0 saturated heterocycles. The van der Waals surface area contributed by atoms with Gasteiger partial charge in [-0.15, -0.1) is 0 Å². The van der Waals surface area contributed by atoms with Crippen molar-refractivity contribution in [1.29, 1.82) is 0 Å². The van der Waals surface area contributed by atoms with Crippen LogP contribution in [0.2, 0.25) is 0 Å². The van der Waals surface area contributed by atoms with E-state index in [9.17, 15) is 34.6 Å². The smallest absolute Gasteiger partial charge is 0.339 e. The van der Waals surface area contributed by atoms with Crippen molar-refractivity contribution < 1.29 is 43.2 Å². The lowest BCUT2D eigenvalue weighted by Crippen LogP contribution is -2.40. The van der Waals surface area contributed by atoms with E-state index >= 15 is 0 Å². The third-order valence-corrected chi connectivity index (χ3v) is 6.07. The van der Waals surface area contributed by atoms with Gasteiger partial charge in [-0.25, -0.2) is 14.4 Å². The number of esters is 3. The van der Waals surface area contributed by atoms with Crippen molar-refractivity contribution in [3.63, 3.8) is 0 Å². The molecule has 0 saturated carbocycles. The molecule has 0 N–H and O–H groups in total. The molecule has 14 heteroatoms. The third kappa shape index (κ3) is 6.78. The normalized spacial score (nSPS) is 13.6. The summed E-state index contributed by atoms with van der Waals surface area (Å²) in [5.41, 5.74) is 0.180. The molecule has 0 aromatic heterocycles. The van der Waals surface area contributed by atoms with Gasteiger partial charge in [-0.05, 0) is 56.2 Å². The van der Waals surface area contributed by atoms with Gasteiger partial charge in [0, 0.05) is 31.3 Å². The van der Waals surface area contributed by atoms with E-state index in [0.717, 1.165) is 0 Å². The molecule has 2 aromatic carbocycles. The SMILES string of the molecule is CCOC(=O)COC1C(C(=O)OCC)=C(c2ccc([N+](=O)[O-])cc2)N(C)C(c2ccc([N+](=O)[O-])cc2)=C1C(=O)OCC. The summed E-state index contributed by atoms with van der Waals surface area (Å²) in [6.07, 6.45) is -1.53. The maximum absolute atomic E-state index is 13.5. The summed E-state index contributed by atoms with van der Waals surface area (Å²) in [5.74, 6) is -2.52. The molecule has 14 nitrogen and oxygen atoms in total. The Labute approximate surface area is 240 Å². The van der Waals surface area contributed by atoms with Crippen LogP contribution in [0.1, 0.15) is 31.9 Å². The van der Waals surface area contributed by atoms with Gasteiger partial charge in [0.2, 0.25) is 0 Å². The van der Waals surface area contributed by atoms with Crippen molar-refractivity contribution in [1.82, 2.24) is 4.90 Å². The minimum atomic E-state index is -1.53. The maximum atomic E-state index is 13.5. The number of benzene rings is 2. The molecule has 0 radical (unpaired) electrons. The predicted octanol–water partition coefficient (Wildman–Crippen LogP) is 3.65. The van der Waals surface area contributed by atoms with Gasteiger partial charge in [0.25, 0.3) is 11.4 Å². The van der Waals surface area contributed by atoms with E-state index in [1.807, 2.05) is 0 Å². The van der Waals surface area contributed by atoms with Crippen molar-refractivity contribution in [3.05, 3.63) is 91.0 Å². The summed E-state index contributed by atoms with van der Waals surface area (Å²) in [4.78, 5) is 62.2. The number of carbonyl (C=O) groups is 3. The van der Waals surface area contributed by atoms with Crippen LogP contribution in [-0.2, 0) is 33.3 Å². The van der Waals surface area contributed by atoms with Crippen LogP contribution in [0.25, 0.3) is 11.4 Å². The highest BCUT2D eigenvalue weighted by atomic mass is 16.6. The van der Waals surface area contributed by atoms with Gasteiger partial charge in [-0.3, -0.25) is 20.2 Å². The molecule has 0 fully saturated rings. The molecule has 2 aromatic rings. The molecule has 3 rings (SSSR count). The second-order valence-corrected chi connectivity index (χ2v) is 8.63. The summed E-state index contributed by atoms with van der Waals surface area (Å²) in [7, 11) is 1.54. The van der Waals surface area contributed by atoms with E-state index in [4.69, 9.17) is 18.9 Å². The number of nitro benzene ring substituents is 2. The molecule has 0 bridgehead atoms. The van der Waals surface area contributed by atoms with Crippen molar-refractivity contribution in [2.75, 3.05) is 33.5 Å². The first-order chi connectivity index (χ1) is 20.0. The summed E-state index contributed by atoms with van der Waals surface area (Å²) >= 11 is 0. The van der Waals surface area contributed by atoms with Crippen LogP contribution in [0.15, 0.2) is 59.7 Å². The number of hydrogen-bond donors (Lipinski definition) is 0. The number of nitro groups is 2. The van der Waals surface area contributed by atoms with Crippen LogP contribution in [0.5, 0.6) is 0 Å². The van der Waals surface area contributed by atoms with Crippen molar-refractivity contribution in [2.45, 2.75) is 26.9 Å². The fourth-order valence-corrected chi connectivity index (χ4v) is 4.39. The maximum Gasteiger partial charge on any atom is 0.339 e. The second kappa shape index (κ2) is 14.0. The Hall–Kier alpha value is -5.11. The topological polar surface area (TPSA) is 178 Å². The molecule has 1 aliphatic rings. The van der Waals surface area contributed by atoms with Crippen LogP contribution < -0.4 is 0 Å². The van der Waals surface area contributed by atoms with E-state index in [-0.39, 0.29) is 53.7 Å². The van der Waals surface area contributed by atoms with E-state index in [0.29, 0.717) is 11.1 Å². The Morgan fingerprint density at radius 1 is 0.714 bits per heavy atom. The van der Waals surface area contributed by atoms with Gasteiger partial charge in [-0.2, -0.15) is 0 Å². The fraction of sp³-hybridized carbons (Fsp3) is 0.321. The first-order valence-electron chi connectivity index (χ1n) is 12.9. The van der Waals surface area contributed by atoms with Gasteiger partial charge in [0.1, 0.15) is 12.7 Å². The second-order valence-electron chi connectivity index (χ2n) is 8.63. The Morgan fingerprint density at radius 3 is 1.43 bits per heavy atom. The molecule has 0 aliphatic carbocycles. The quantitative estimate of drug-likeness (QED) is 0.154. The van der Waals surface area contributed by atoms with Crippen LogP contribution in [-0.4, -0.2) is 72.2 Å². The minimum Gasteiger partial charge on any atom is -0.464 e. The summed E-state index contributed by atoms with van der Waals surface area (Å²) < 4.78 is 21.5. The third-order valence-electron chi connectivity index (χ3n) is 6.07. The molecule has 42 heavy (non-hydrogen) atoms. The number of non-ortho nitro benzene ring substituents is 2. The summed E-state index contributed by atoms with van der Waals surface area (Å²) in [6, 6.07) is 10.6. The Kier molecular flexibility index (Phi) is 10.5. The molecule has 0 spiro atoms. The van der Waals surface area contributed by atoms with E-state index in [1.165, 1.54) is 60.5 Å². The average molecular weight is 584 g/mol. The van der Waals surface area contributed by atoms with Crippen LogP contribution >= 0.6 is 0 Å². The predicted molar refractivity (Wildman–Crippen MR) is 147 cm³/mol. The number of nitrogens with zero attached hydrogens (tertiary/aromatic N) is 3. The van der Waals surface area contributed by atoms with Crippen LogP contribution in [0.3, 0.4) is 0 Å². The molecule has 0 atom stereocenters. The first-order valence-corrected chi connectivity index (χ1v) is 12.9. The zero-order valence-electron chi connectivity index (χ0n) is 23.4. The van der Waals surface area contributed by atoms with Gasteiger partial charge in [-0.1, -0.05) is 0 Å². The van der Waals surface area contributed by atoms with Gasteiger partial charge in [0.05, 0.1) is 52.2 Å². The van der Waals surface area contributed by atoms with E-state index in [2.05, 4.69) is 0 Å². The summed E-state index contributed by atoms with van der Waals surface area (Å²) in [5, 5.41) is 22.6. The standard InChI is InChI=1S/C28H29N3O11/c1-5-39-21(32)16-42-26-22(27(33)40-6-2)24(17-8-12-19(13-9-17)30(35)36)29(4)25(23(26)28(34)41-7-3)18-10-14-20(15-11-18)31(37)38/h8-15,26H,5-7,16H2,1-4H3. The number of carbonyl (C=O) groups excluding carboxylic acids is 3. The van der Waals surface area contributed by atoms with Gasteiger partial charge in [0.15, 0.2) is 0 Å². The van der Waals surface area contributed by atoms with Gasteiger partial charge >= 0.3 is 17.9 Å². The van der Waals surface area contributed by atoms with E-state index in [1.54, 1.807) is 20.8 Å². The Bertz CT molecular complexity index is 1330. The Balaban J connectivity index is 2.38. The van der Waals surface area contributed by atoms with Crippen LogP contribution in [0.4, 0.5) is 11.4 Å². The van der Waals surface area contributed by atoms with Crippen molar-refractivity contribution in [3.8, 4) is 0 Å². The van der Waals surface area contributed by atoms with Crippen molar-refractivity contribution >= 4 is 40.7 Å². The lowest BCUT2D eigenvalue weighted by atomic mass is 9.87. The highest BCUT2D eigenvalue weighted by Gasteiger charge is 2.43. The Morgan fingerprint density at radius 2 is 1.10 bits per heavy atom. The zero-order chi connectivity index (χ0) is 31.0. The molecule has 1 heterocycles. The zero-order valence-corrected chi connectivity index (χ0v) is 23.4. The highest BCUT2D eigenvalue weighted by molar-refractivity contribution is 6.09. The lowest BCUT2D eigenvalue weighted by molar-refractivity contribution is -0.385. The van der Waals surface area contributed by atoms with Crippen LogP contribution in [0, 0.1) is 20.2 Å². The number of hydrogen-bond acceptors (Lipinski definition) is 12. The molecule has 0 amide bonds. The fourth-order valence-electron chi connectivity index (χ4n) is 4.39. The molecule has 0 unspecified atom stereocenters. The minimum absolute atomic E-state index is 0.0438. The van der Waals surface area contributed by atoms with Crippen molar-refractivity contribution in [2.24, 2.45) is 0 Å². The molecule has 1 aliphatic heterocycles. The van der Waals surface area contributed by atoms with Gasteiger partial charge < -0.3 is 23.8 Å². The highest BCUT2D eigenvalue weighted by Crippen LogP contribution is 2.42. The monoisotopic (exact) mass is 583 g/mol. The molecule has 222 valence electrons. The number of ether oxygens (including phenoxy) is 4. The lowest BCUT2D eigenvalue weighted by Gasteiger charge is -2.37. The molecular weight excluding hydrogens is 554 g/mol. The largest absolute Gasteiger partial charge is 0.464 e. The summed E-state index contributed by atoms with van der Waals surface area (Å²) in [6.45, 7) is 4.06. The first kappa shape index (κ1) is 31.4. The number of rotatable bonds is 12. The molecular formula is C28H29N3O11. The van der Waals surface area contributed by atoms with E-state index < -0.39 is 40.5 Å².